The van der Waals surface area contributed by atoms with Crippen molar-refractivity contribution >= 4 is 28.4 Å². The molecular formula is C26H30N4O2. The average Bonchev–Trinajstić information content (AvgIpc) is 3.44. The van der Waals surface area contributed by atoms with Crippen LogP contribution in [0, 0.1) is 5.92 Å². The maximum absolute atomic E-state index is 13.0. The molecule has 1 saturated carbocycles. The first-order valence-corrected chi connectivity index (χ1v) is 11.4. The van der Waals surface area contributed by atoms with Gasteiger partial charge in [-0.3, -0.25) is 9.59 Å². The van der Waals surface area contributed by atoms with Crippen molar-refractivity contribution in [2.45, 2.75) is 31.2 Å². The van der Waals surface area contributed by atoms with Crippen LogP contribution < -0.4 is 10.2 Å². The van der Waals surface area contributed by atoms with Gasteiger partial charge in [-0.05, 0) is 42.2 Å². The molecule has 2 unspecified atom stereocenters. The van der Waals surface area contributed by atoms with Crippen LogP contribution in [-0.2, 0) is 9.59 Å². The Bertz CT molecular complexity index is 1130. The summed E-state index contributed by atoms with van der Waals surface area (Å²) in [4.78, 5) is 32.6. The van der Waals surface area contributed by atoms with E-state index < -0.39 is 0 Å². The summed E-state index contributed by atoms with van der Waals surface area (Å²) in [5, 5.41) is 4.34. The van der Waals surface area contributed by atoms with E-state index in [0.29, 0.717) is 25.6 Å². The topological polar surface area (TPSA) is 68.4 Å². The number of benzene rings is 2. The summed E-state index contributed by atoms with van der Waals surface area (Å²) in [6.07, 6.45) is 4.53. The molecule has 1 aliphatic carbocycles. The Labute approximate surface area is 188 Å². The van der Waals surface area contributed by atoms with Gasteiger partial charge in [-0.15, -0.1) is 0 Å². The molecule has 1 aromatic heterocycles. The molecule has 32 heavy (non-hydrogen) atoms. The molecule has 2 amide bonds. The highest BCUT2D eigenvalue weighted by Crippen LogP contribution is 2.34. The Kier molecular flexibility index (Phi) is 5.37. The van der Waals surface area contributed by atoms with Crippen LogP contribution in [0.4, 0.5) is 5.69 Å². The summed E-state index contributed by atoms with van der Waals surface area (Å²) >= 11 is 0. The van der Waals surface area contributed by atoms with Gasteiger partial charge in [-0.2, -0.15) is 0 Å². The molecule has 2 N–H and O–H groups in total. The van der Waals surface area contributed by atoms with Crippen molar-refractivity contribution in [3.8, 4) is 0 Å². The lowest BCUT2D eigenvalue weighted by Crippen LogP contribution is -2.36. The Morgan fingerprint density at radius 1 is 1.16 bits per heavy atom. The van der Waals surface area contributed by atoms with E-state index in [-0.39, 0.29) is 23.7 Å². The summed E-state index contributed by atoms with van der Waals surface area (Å²) in [5.41, 5.74) is 4.55. The number of hydrogen-bond donors (Lipinski definition) is 2. The first kappa shape index (κ1) is 20.6. The maximum Gasteiger partial charge on any atom is 0.225 e. The number of nitrogens with one attached hydrogen (secondary N) is 2. The molecule has 166 valence electrons. The van der Waals surface area contributed by atoms with Gasteiger partial charge in [0, 0.05) is 68.4 Å². The third kappa shape index (κ3) is 3.97. The van der Waals surface area contributed by atoms with Crippen molar-refractivity contribution in [3.05, 3.63) is 65.9 Å². The number of hydrogen-bond acceptors (Lipinski definition) is 3. The molecule has 6 heteroatoms. The number of aromatic amines is 1. The zero-order valence-electron chi connectivity index (χ0n) is 18.7. The normalized spacial score (nSPS) is 19.4. The number of H-pyrrole nitrogens is 1. The number of amides is 2. The van der Waals surface area contributed by atoms with Crippen molar-refractivity contribution in [2.75, 3.05) is 32.1 Å². The van der Waals surface area contributed by atoms with Crippen LogP contribution >= 0.6 is 0 Å². The standard InChI is InChI=1S/C26H30N4O2/c1-29(2)19-9-7-17(8-10-19)22(23-15-27-24-6-4-3-5-21(23)24)14-28-26(32)18-13-25(31)30(16-18)20-11-12-20/h3-10,15,18,20,22,27H,11-14,16H2,1-2H3,(H,28,32). The fourth-order valence-corrected chi connectivity index (χ4v) is 4.79. The summed E-state index contributed by atoms with van der Waals surface area (Å²) in [7, 11) is 4.06. The monoisotopic (exact) mass is 430 g/mol. The SMILES string of the molecule is CN(C)c1ccc(C(CNC(=O)C2CC(=O)N(C3CC3)C2)c2c[nH]c3ccccc23)cc1. The predicted molar refractivity (Wildman–Crippen MR) is 127 cm³/mol. The minimum Gasteiger partial charge on any atom is -0.378 e. The number of anilines is 1. The van der Waals surface area contributed by atoms with Gasteiger partial charge in [-0.1, -0.05) is 30.3 Å². The summed E-state index contributed by atoms with van der Waals surface area (Å²) < 4.78 is 0. The number of rotatable bonds is 7. The molecule has 2 aliphatic rings. The molecule has 3 aromatic rings. The number of likely N-dealkylation sites (tertiary alicyclic amines) is 1. The maximum atomic E-state index is 13.0. The van der Waals surface area contributed by atoms with Crippen molar-refractivity contribution in [2.24, 2.45) is 5.92 Å². The fraction of sp³-hybridized carbons (Fsp3) is 0.385. The highest BCUT2D eigenvalue weighted by atomic mass is 16.2. The largest absolute Gasteiger partial charge is 0.378 e. The number of carbonyl (C=O) groups excluding carboxylic acids is 2. The minimum atomic E-state index is -0.247. The Hall–Kier alpha value is -3.28. The first-order valence-electron chi connectivity index (χ1n) is 11.4. The van der Waals surface area contributed by atoms with Gasteiger partial charge in [0.1, 0.15) is 0 Å². The molecule has 2 heterocycles. The third-order valence-electron chi connectivity index (χ3n) is 6.81. The molecule has 0 bridgehead atoms. The number of para-hydroxylation sites is 1. The van der Waals surface area contributed by atoms with Crippen LogP contribution in [-0.4, -0.2) is 54.9 Å². The lowest BCUT2D eigenvalue weighted by Gasteiger charge is -2.21. The van der Waals surface area contributed by atoms with Crippen LogP contribution in [0.5, 0.6) is 0 Å². The minimum absolute atomic E-state index is 0.0166. The molecule has 0 radical (unpaired) electrons. The van der Waals surface area contributed by atoms with Crippen LogP contribution in [0.3, 0.4) is 0 Å². The molecule has 2 atom stereocenters. The van der Waals surface area contributed by atoms with Gasteiger partial charge in [-0.25, -0.2) is 0 Å². The second-order valence-corrected chi connectivity index (χ2v) is 9.25. The van der Waals surface area contributed by atoms with Crippen LogP contribution in [0.15, 0.2) is 54.7 Å². The molecule has 2 aromatic carbocycles. The van der Waals surface area contributed by atoms with Gasteiger partial charge in [0.25, 0.3) is 0 Å². The van der Waals surface area contributed by atoms with Crippen molar-refractivity contribution in [3.63, 3.8) is 0 Å². The number of aromatic nitrogens is 1. The third-order valence-corrected chi connectivity index (χ3v) is 6.81. The quantitative estimate of drug-likeness (QED) is 0.603. The van der Waals surface area contributed by atoms with E-state index in [9.17, 15) is 9.59 Å². The summed E-state index contributed by atoms with van der Waals surface area (Å²) in [5.74, 6) is -0.123. The highest BCUT2D eigenvalue weighted by molar-refractivity contribution is 5.90. The Morgan fingerprint density at radius 2 is 1.91 bits per heavy atom. The summed E-state index contributed by atoms with van der Waals surface area (Å²) in [6, 6.07) is 17.1. The van der Waals surface area contributed by atoms with E-state index in [2.05, 4.69) is 57.8 Å². The van der Waals surface area contributed by atoms with E-state index in [4.69, 9.17) is 0 Å². The fourth-order valence-electron chi connectivity index (χ4n) is 4.79. The average molecular weight is 431 g/mol. The van der Waals surface area contributed by atoms with Gasteiger partial charge in [0.05, 0.1) is 5.92 Å². The second kappa shape index (κ2) is 8.34. The molecule has 2 fully saturated rings. The molecule has 5 rings (SSSR count). The Balaban J connectivity index is 1.37. The van der Waals surface area contributed by atoms with Crippen molar-refractivity contribution < 1.29 is 9.59 Å². The Morgan fingerprint density at radius 3 is 2.62 bits per heavy atom. The van der Waals surface area contributed by atoms with E-state index >= 15 is 0 Å². The summed E-state index contributed by atoms with van der Waals surface area (Å²) in [6.45, 7) is 1.06. The lowest BCUT2D eigenvalue weighted by molar-refractivity contribution is -0.129. The first-order chi connectivity index (χ1) is 15.5. The molecule has 0 spiro atoms. The van der Waals surface area contributed by atoms with Gasteiger partial charge < -0.3 is 20.1 Å². The number of carbonyl (C=O) groups is 2. The molecule has 1 saturated heterocycles. The smallest absolute Gasteiger partial charge is 0.225 e. The van der Waals surface area contributed by atoms with Crippen molar-refractivity contribution in [1.82, 2.24) is 15.2 Å². The molecular weight excluding hydrogens is 400 g/mol. The van der Waals surface area contributed by atoms with E-state index in [1.165, 1.54) is 10.9 Å². The van der Waals surface area contributed by atoms with Crippen LogP contribution in [0.1, 0.15) is 36.3 Å². The van der Waals surface area contributed by atoms with Crippen LogP contribution in [0.25, 0.3) is 10.9 Å². The second-order valence-electron chi connectivity index (χ2n) is 9.25. The highest BCUT2D eigenvalue weighted by Gasteiger charge is 2.41. The van der Waals surface area contributed by atoms with Crippen molar-refractivity contribution in [1.29, 1.82) is 0 Å². The van der Waals surface area contributed by atoms with Crippen LogP contribution in [0.2, 0.25) is 0 Å². The molecule has 6 nitrogen and oxygen atoms in total. The van der Waals surface area contributed by atoms with E-state index in [1.54, 1.807) is 0 Å². The predicted octanol–water partition coefficient (Wildman–Crippen LogP) is 3.49. The zero-order valence-corrected chi connectivity index (χ0v) is 18.7. The van der Waals surface area contributed by atoms with Gasteiger partial charge in [0.15, 0.2) is 0 Å². The van der Waals surface area contributed by atoms with E-state index in [0.717, 1.165) is 29.6 Å². The van der Waals surface area contributed by atoms with Gasteiger partial charge in [0.2, 0.25) is 11.8 Å². The zero-order chi connectivity index (χ0) is 22.2. The number of nitrogens with zero attached hydrogens (tertiary/aromatic N) is 2. The lowest BCUT2D eigenvalue weighted by atomic mass is 9.90. The van der Waals surface area contributed by atoms with Gasteiger partial charge >= 0.3 is 0 Å². The molecule has 1 aliphatic heterocycles. The number of fused-ring (bicyclic) bond motifs is 1. The van der Waals surface area contributed by atoms with E-state index in [1.807, 2.05) is 31.1 Å².